The minimum atomic E-state index is -4.28. The summed E-state index contributed by atoms with van der Waals surface area (Å²) in [6.07, 6.45) is -0.915. The van der Waals surface area contributed by atoms with Gasteiger partial charge in [0.25, 0.3) is 0 Å². The molecule has 3 atom stereocenters. The summed E-state index contributed by atoms with van der Waals surface area (Å²) >= 11 is 0. The summed E-state index contributed by atoms with van der Waals surface area (Å²) in [5.74, 6) is 0.487. The lowest BCUT2D eigenvalue weighted by atomic mass is 9.94. The van der Waals surface area contributed by atoms with Crippen LogP contribution in [0.5, 0.6) is 0 Å². The van der Waals surface area contributed by atoms with E-state index in [0.717, 1.165) is 45.1 Å². The molecule has 136 valence electrons. The van der Waals surface area contributed by atoms with Gasteiger partial charge in [-0.2, -0.15) is 13.2 Å². The van der Waals surface area contributed by atoms with Gasteiger partial charge in [0.1, 0.15) is 0 Å². The van der Waals surface area contributed by atoms with Crippen LogP contribution in [0.1, 0.15) is 30.4 Å². The van der Waals surface area contributed by atoms with Crippen LogP contribution < -0.4 is 10.6 Å². The Hall–Kier alpha value is -0.820. The Labute approximate surface area is 146 Å². The van der Waals surface area contributed by atoms with Crippen LogP contribution >= 0.6 is 12.4 Å². The molecular weight excluding hydrogens is 341 g/mol. The fraction of sp³-hybridized carbons (Fsp3) is 0.647. The minimum absolute atomic E-state index is 0. The van der Waals surface area contributed by atoms with Gasteiger partial charge < -0.3 is 15.4 Å². The van der Waals surface area contributed by atoms with Gasteiger partial charge in [0.05, 0.1) is 18.8 Å². The van der Waals surface area contributed by atoms with Crippen LogP contribution in [-0.2, 0) is 17.5 Å². The number of nitrogens with one attached hydrogen (secondary N) is 2. The monoisotopic (exact) mass is 364 g/mol. The number of hydrogen-bond acceptors (Lipinski definition) is 3. The summed E-state index contributed by atoms with van der Waals surface area (Å²) < 4.78 is 43.9. The molecule has 1 heterocycles. The summed E-state index contributed by atoms with van der Waals surface area (Å²) in [5, 5.41) is 6.97. The van der Waals surface area contributed by atoms with Crippen LogP contribution in [0.3, 0.4) is 0 Å². The second kappa shape index (κ2) is 8.52. The summed E-state index contributed by atoms with van der Waals surface area (Å²) in [7, 11) is 0. The highest BCUT2D eigenvalue weighted by Crippen LogP contribution is 2.31. The largest absolute Gasteiger partial charge is 0.416 e. The number of alkyl halides is 3. The number of hydrogen-bond donors (Lipinski definition) is 2. The third-order valence-electron chi connectivity index (χ3n) is 4.86. The third kappa shape index (κ3) is 4.85. The highest BCUT2D eigenvalue weighted by atomic mass is 35.5. The molecule has 0 amide bonds. The van der Waals surface area contributed by atoms with Gasteiger partial charge in [-0.05, 0) is 30.4 Å². The van der Waals surface area contributed by atoms with Crippen LogP contribution in [0.4, 0.5) is 13.2 Å². The average Bonchev–Trinajstić information content (AvgIpc) is 3.02. The molecule has 2 fully saturated rings. The van der Waals surface area contributed by atoms with Crippen molar-refractivity contribution in [1.29, 1.82) is 0 Å². The molecule has 2 aliphatic rings. The lowest BCUT2D eigenvalue weighted by Crippen LogP contribution is -2.50. The molecule has 3 nitrogen and oxygen atoms in total. The molecule has 0 bridgehead atoms. The van der Waals surface area contributed by atoms with E-state index in [1.165, 1.54) is 12.1 Å². The normalized spacial score (nSPS) is 27.7. The second-order valence-corrected chi connectivity index (χ2v) is 6.42. The van der Waals surface area contributed by atoms with Gasteiger partial charge in [0.2, 0.25) is 0 Å². The molecule has 1 aliphatic heterocycles. The SMILES string of the molecule is Cl.FC(F)(F)c1cccc(CNC2CCCC2C2COCCN2)c1. The highest BCUT2D eigenvalue weighted by molar-refractivity contribution is 5.85. The number of halogens is 4. The van der Waals surface area contributed by atoms with Gasteiger partial charge in [-0.15, -0.1) is 12.4 Å². The van der Waals surface area contributed by atoms with E-state index in [4.69, 9.17) is 4.74 Å². The van der Waals surface area contributed by atoms with Crippen molar-refractivity contribution < 1.29 is 17.9 Å². The van der Waals surface area contributed by atoms with Gasteiger partial charge in [0.15, 0.2) is 0 Å². The molecule has 0 radical (unpaired) electrons. The predicted molar refractivity (Wildman–Crippen MR) is 89.3 cm³/mol. The van der Waals surface area contributed by atoms with E-state index in [9.17, 15) is 13.2 Å². The highest BCUT2D eigenvalue weighted by Gasteiger charge is 2.34. The third-order valence-corrected chi connectivity index (χ3v) is 4.86. The van der Waals surface area contributed by atoms with Crippen molar-refractivity contribution in [2.24, 2.45) is 5.92 Å². The molecule has 1 saturated carbocycles. The van der Waals surface area contributed by atoms with E-state index < -0.39 is 11.7 Å². The van der Waals surface area contributed by atoms with Crippen molar-refractivity contribution in [2.75, 3.05) is 19.8 Å². The first-order chi connectivity index (χ1) is 11.0. The fourth-order valence-electron chi connectivity index (χ4n) is 3.69. The molecule has 2 N–H and O–H groups in total. The van der Waals surface area contributed by atoms with Gasteiger partial charge >= 0.3 is 6.18 Å². The molecule has 1 saturated heterocycles. The van der Waals surface area contributed by atoms with Gasteiger partial charge in [-0.25, -0.2) is 0 Å². The van der Waals surface area contributed by atoms with E-state index in [1.54, 1.807) is 6.07 Å². The van der Waals surface area contributed by atoms with Gasteiger partial charge in [-0.3, -0.25) is 0 Å². The first-order valence-electron chi connectivity index (χ1n) is 8.25. The number of ether oxygens (including phenoxy) is 1. The lowest BCUT2D eigenvalue weighted by Gasteiger charge is -2.33. The van der Waals surface area contributed by atoms with Crippen LogP contribution in [0.25, 0.3) is 0 Å². The Morgan fingerprint density at radius 1 is 1.25 bits per heavy atom. The van der Waals surface area contributed by atoms with Crippen molar-refractivity contribution in [3.05, 3.63) is 35.4 Å². The maximum Gasteiger partial charge on any atom is 0.416 e. The zero-order valence-corrected chi connectivity index (χ0v) is 14.3. The maximum atomic E-state index is 12.8. The molecule has 7 heteroatoms. The first kappa shape index (κ1) is 19.5. The van der Waals surface area contributed by atoms with Gasteiger partial charge in [-0.1, -0.05) is 24.6 Å². The van der Waals surface area contributed by atoms with Crippen molar-refractivity contribution >= 4 is 12.4 Å². The zero-order valence-electron chi connectivity index (χ0n) is 13.4. The summed E-state index contributed by atoms with van der Waals surface area (Å²) in [4.78, 5) is 0. The van der Waals surface area contributed by atoms with E-state index in [1.807, 2.05) is 0 Å². The molecule has 1 aliphatic carbocycles. The second-order valence-electron chi connectivity index (χ2n) is 6.42. The van der Waals surface area contributed by atoms with Crippen molar-refractivity contribution in [3.8, 4) is 0 Å². The fourth-order valence-corrected chi connectivity index (χ4v) is 3.69. The molecule has 0 spiro atoms. The summed E-state index contributed by atoms with van der Waals surface area (Å²) in [6, 6.07) is 6.26. The predicted octanol–water partition coefficient (Wildman–Crippen LogP) is 3.37. The summed E-state index contributed by atoms with van der Waals surface area (Å²) in [6.45, 7) is 2.83. The summed E-state index contributed by atoms with van der Waals surface area (Å²) in [5.41, 5.74) is 0.0976. The Morgan fingerprint density at radius 3 is 2.79 bits per heavy atom. The molecule has 1 aromatic carbocycles. The lowest BCUT2D eigenvalue weighted by molar-refractivity contribution is -0.137. The van der Waals surface area contributed by atoms with E-state index in [2.05, 4.69) is 10.6 Å². The maximum absolute atomic E-state index is 12.8. The Bertz CT molecular complexity index is 521. The van der Waals surface area contributed by atoms with Crippen LogP contribution in [0.2, 0.25) is 0 Å². The first-order valence-corrected chi connectivity index (χ1v) is 8.25. The molecule has 3 unspecified atom stereocenters. The van der Waals surface area contributed by atoms with E-state index in [0.29, 0.717) is 30.1 Å². The van der Waals surface area contributed by atoms with E-state index in [-0.39, 0.29) is 12.4 Å². The quantitative estimate of drug-likeness (QED) is 0.859. The Morgan fingerprint density at radius 2 is 2.08 bits per heavy atom. The van der Waals surface area contributed by atoms with Crippen LogP contribution in [0, 0.1) is 5.92 Å². The van der Waals surface area contributed by atoms with Crippen molar-refractivity contribution in [1.82, 2.24) is 10.6 Å². The number of rotatable bonds is 4. The van der Waals surface area contributed by atoms with Crippen molar-refractivity contribution in [3.63, 3.8) is 0 Å². The molecule has 1 aromatic rings. The van der Waals surface area contributed by atoms with E-state index >= 15 is 0 Å². The smallest absolute Gasteiger partial charge is 0.379 e. The topological polar surface area (TPSA) is 33.3 Å². The molecular formula is C17H24ClF3N2O. The Balaban J connectivity index is 0.00000208. The van der Waals surface area contributed by atoms with Gasteiger partial charge in [0, 0.05) is 25.2 Å². The van der Waals surface area contributed by atoms with Crippen LogP contribution in [-0.4, -0.2) is 31.8 Å². The molecule has 3 rings (SSSR count). The van der Waals surface area contributed by atoms with Crippen molar-refractivity contribution in [2.45, 2.75) is 44.1 Å². The average molecular weight is 365 g/mol. The minimum Gasteiger partial charge on any atom is -0.379 e. The molecule has 0 aromatic heterocycles. The zero-order chi connectivity index (χ0) is 16.3. The molecule has 24 heavy (non-hydrogen) atoms. The number of morpholine rings is 1. The Kier molecular flexibility index (Phi) is 6.92. The standard InChI is InChI=1S/C17H23F3N2O.ClH/c18-17(19,20)13-4-1-3-12(9-13)10-22-15-6-2-5-14(15)16-11-23-8-7-21-16;/h1,3-4,9,14-16,21-22H,2,5-8,10-11H2;1H. The van der Waals surface area contributed by atoms with Crippen LogP contribution in [0.15, 0.2) is 24.3 Å². The number of benzene rings is 1.